The van der Waals surface area contributed by atoms with Crippen LogP contribution in [0.1, 0.15) is 0 Å². The predicted molar refractivity (Wildman–Crippen MR) is 64.3 cm³/mol. The highest BCUT2D eigenvalue weighted by atomic mass is 16.6. The smallest absolute Gasteiger partial charge is 0.0981 e. The van der Waals surface area contributed by atoms with Crippen molar-refractivity contribution in [3.05, 3.63) is 18.2 Å². The number of hydrogen-bond donors (Lipinski definition) is 3. The Morgan fingerprint density at radius 3 is 2.88 bits per heavy atom. The van der Waals surface area contributed by atoms with Gasteiger partial charge in [-0.15, -0.1) is 0 Å². The number of hydrogen-bond acceptors (Lipinski definition) is 5. The van der Waals surface area contributed by atoms with Crippen molar-refractivity contribution in [2.75, 3.05) is 43.1 Å². The number of nitrogens with two attached hydrogens (primary N) is 2. The van der Waals surface area contributed by atoms with Crippen LogP contribution >= 0.6 is 0 Å². The molecule has 5 nitrogen and oxygen atoms in total. The van der Waals surface area contributed by atoms with Gasteiger partial charge < -0.3 is 26.3 Å². The number of benzene rings is 1. The zero-order chi connectivity index (χ0) is 11.4. The van der Waals surface area contributed by atoms with E-state index in [1.807, 2.05) is 12.1 Å². The van der Waals surface area contributed by atoms with Crippen molar-refractivity contribution >= 4 is 17.1 Å². The minimum atomic E-state index is 0.0886. The Morgan fingerprint density at radius 2 is 2.19 bits per heavy atom. The Kier molecular flexibility index (Phi) is 3.48. The summed E-state index contributed by atoms with van der Waals surface area (Å²) < 4.78 is 10.8. The zero-order valence-electron chi connectivity index (χ0n) is 9.11. The molecule has 1 aromatic carbocycles. The van der Waals surface area contributed by atoms with E-state index in [-0.39, 0.29) is 6.10 Å². The standard InChI is InChI=1S/C11H17N3O2/c12-8-1-2-11(10(13)5-8)14-6-9-7-15-3-4-16-9/h1-2,5,9,14H,3-4,6-7,12-13H2. The second-order valence-electron chi connectivity index (χ2n) is 3.80. The van der Waals surface area contributed by atoms with Crippen LogP contribution in [-0.2, 0) is 9.47 Å². The van der Waals surface area contributed by atoms with Crippen molar-refractivity contribution in [3.63, 3.8) is 0 Å². The van der Waals surface area contributed by atoms with E-state index in [9.17, 15) is 0 Å². The second-order valence-corrected chi connectivity index (χ2v) is 3.80. The monoisotopic (exact) mass is 223 g/mol. The average molecular weight is 223 g/mol. The van der Waals surface area contributed by atoms with E-state index in [4.69, 9.17) is 20.9 Å². The summed E-state index contributed by atoms with van der Waals surface area (Å²) >= 11 is 0. The summed E-state index contributed by atoms with van der Waals surface area (Å²) in [5, 5.41) is 3.22. The summed E-state index contributed by atoms with van der Waals surface area (Å²) in [4.78, 5) is 0. The van der Waals surface area contributed by atoms with E-state index in [1.165, 1.54) is 0 Å². The van der Waals surface area contributed by atoms with Gasteiger partial charge in [-0.2, -0.15) is 0 Å². The van der Waals surface area contributed by atoms with Gasteiger partial charge in [0.05, 0.1) is 37.3 Å². The van der Waals surface area contributed by atoms with Gasteiger partial charge in [-0.1, -0.05) is 0 Å². The van der Waals surface area contributed by atoms with Gasteiger partial charge in [0.1, 0.15) is 0 Å². The van der Waals surface area contributed by atoms with E-state index < -0.39 is 0 Å². The van der Waals surface area contributed by atoms with Crippen LogP contribution in [0.5, 0.6) is 0 Å². The Morgan fingerprint density at radius 1 is 1.31 bits per heavy atom. The van der Waals surface area contributed by atoms with Gasteiger partial charge in [-0.25, -0.2) is 0 Å². The first-order valence-electron chi connectivity index (χ1n) is 5.34. The van der Waals surface area contributed by atoms with Gasteiger partial charge in [0.15, 0.2) is 0 Å². The van der Waals surface area contributed by atoms with Gasteiger partial charge in [-0.3, -0.25) is 0 Å². The van der Waals surface area contributed by atoms with Crippen LogP contribution in [0.3, 0.4) is 0 Å². The Labute approximate surface area is 94.7 Å². The first-order valence-corrected chi connectivity index (χ1v) is 5.34. The summed E-state index contributed by atoms with van der Waals surface area (Å²) in [5.41, 5.74) is 13.6. The molecule has 0 aliphatic carbocycles. The van der Waals surface area contributed by atoms with E-state index in [0.29, 0.717) is 37.7 Å². The second kappa shape index (κ2) is 5.05. The Bertz CT molecular complexity index is 351. The lowest BCUT2D eigenvalue weighted by atomic mass is 10.2. The first-order chi connectivity index (χ1) is 7.75. The van der Waals surface area contributed by atoms with Gasteiger partial charge in [-0.05, 0) is 18.2 Å². The van der Waals surface area contributed by atoms with Crippen LogP contribution in [0, 0.1) is 0 Å². The minimum Gasteiger partial charge on any atom is -0.399 e. The topological polar surface area (TPSA) is 82.5 Å². The van der Waals surface area contributed by atoms with E-state index in [2.05, 4.69) is 5.32 Å². The minimum absolute atomic E-state index is 0.0886. The van der Waals surface area contributed by atoms with Crippen molar-refractivity contribution in [3.8, 4) is 0 Å². The maximum atomic E-state index is 5.82. The van der Waals surface area contributed by atoms with Crippen LogP contribution in [0.4, 0.5) is 17.1 Å². The summed E-state index contributed by atoms with van der Waals surface area (Å²) in [5.74, 6) is 0. The third kappa shape index (κ3) is 2.77. The highest BCUT2D eigenvalue weighted by molar-refractivity contribution is 5.70. The van der Waals surface area contributed by atoms with Crippen molar-refractivity contribution in [1.29, 1.82) is 0 Å². The Balaban J connectivity index is 1.88. The molecule has 1 atom stereocenters. The number of anilines is 3. The predicted octanol–water partition coefficient (Wildman–Crippen LogP) is 0.678. The number of nitrogens with one attached hydrogen (secondary N) is 1. The molecule has 1 fully saturated rings. The summed E-state index contributed by atoms with van der Waals surface area (Å²) in [6.45, 7) is 2.65. The average Bonchev–Trinajstić information content (AvgIpc) is 2.29. The van der Waals surface area contributed by atoms with Crippen LogP contribution in [0.25, 0.3) is 0 Å². The third-order valence-electron chi connectivity index (χ3n) is 2.48. The summed E-state index contributed by atoms with van der Waals surface area (Å²) in [6.07, 6.45) is 0.0886. The SMILES string of the molecule is Nc1ccc(NCC2COCCO2)c(N)c1. The van der Waals surface area contributed by atoms with Gasteiger partial charge in [0, 0.05) is 12.2 Å². The lowest BCUT2D eigenvalue weighted by molar-refractivity contribution is -0.0818. The first kappa shape index (κ1) is 11.0. The molecule has 16 heavy (non-hydrogen) atoms. The highest BCUT2D eigenvalue weighted by Gasteiger charge is 2.14. The molecule has 0 aromatic heterocycles. The largest absolute Gasteiger partial charge is 0.399 e. The molecule has 0 amide bonds. The molecule has 1 heterocycles. The van der Waals surface area contributed by atoms with Gasteiger partial charge in [0.25, 0.3) is 0 Å². The van der Waals surface area contributed by atoms with Gasteiger partial charge in [0.2, 0.25) is 0 Å². The molecular formula is C11H17N3O2. The van der Waals surface area contributed by atoms with Crippen LogP contribution in [0.15, 0.2) is 18.2 Å². The number of ether oxygens (including phenoxy) is 2. The molecule has 1 aromatic rings. The number of rotatable bonds is 3. The fourth-order valence-corrected chi connectivity index (χ4v) is 1.62. The molecule has 5 heteroatoms. The highest BCUT2D eigenvalue weighted by Crippen LogP contribution is 2.21. The van der Waals surface area contributed by atoms with Crippen molar-refractivity contribution in [2.24, 2.45) is 0 Å². The quantitative estimate of drug-likeness (QED) is 0.656. The maximum Gasteiger partial charge on any atom is 0.0981 e. The molecule has 1 unspecified atom stereocenters. The van der Waals surface area contributed by atoms with Crippen molar-refractivity contribution in [1.82, 2.24) is 0 Å². The molecule has 0 spiro atoms. The van der Waals surface area contributed by atoms with Crippen LogP contribution in [0.2, 0.25) is 0 Å². The zero-order valence-corrected chi connectivity index (χ0v) is 9.11. The molecule has 88 valence electrons. The molecule has 2 rings (SSSR count). The van der Waals surface area contributed by atoms with E-state index >= 15 is 0 Å². The molecule has 5 N–H and O–H groups in total. The van der Waals surface area contributed by atoms with Crippen LogP contribution in [-0.4, -0.2) is 32.5 Å². The fraction of sp³-hybridized carbons (Fsp3) is 0.455. The molecule has 0 saturated carbocycles. The van der Waals surface area contributed by atoms with E-state index in [1.54, 1.807) is 6.07 Å². The van der Waals surface area contributed by atoms with Crippen LogP contribution < -0.4 is 16.8 Å². The van der Waals surface area contributed by atoms with E-state index in [0.717, 1.165) is 5.69 Å². The summed E-state index contributed by atoms with van der Waals surface area (Å²) in [6, 6.07) is 5.42. The summed E-state index contributed by atoms with van der Waals surface area (Å²) in [7, 11) is 0. The van der Waals surface area contributed by atoms with Gasteiger partial charge >= 0.3 is 0 Å². The molecule has 1 saturated heterocycles. The lowest BCUT2D eigenvalue weighted by Gasteiger charge is -2.23. The molecule has 1 aliphatic heterocycles. The lowest BCUT2D eigenvalue weighted by Crippen LogP contribution is -2.34. The molecule has 0 radical (unpaired) electrons. The van der Waals surface area contributed by atoms with Crippen molar-refractivity contribution < 1.29 is 9.47 Å². The molecular weight excluding hydrogens is 206 g/mol. The maximum absolute atomic E-state index is 5.82. The third-order valence-corrected chi connectivity index (χ3v) is 2.48. The fourth-order valence-electron chi connectivity index (χ4n) is 1.62. The van der Waals surface area contributed by atoms with Crippen molar-refractivity contribution in [2.45, 2.75) is 6.10 Å². The molecule has 1 aliphatic rings. The number of nitrogen functional groups attached to an aromatic ring is 2. The molecule has 0 bridgehead atoms. The normalized spacial score (nSPS) is 20.6. The Hall–Kier alpha value is -1.46.